The maximum atomic E-state index is 12.4. The molecule has 2 aliphatic rings. The third kappa shape index (κ3) is 3.61. The quantitative estimate of drug-likeness (QED) is 0.897. The van der Waals surface area contributed by atoms with Crippen LogP contribution in [0.1, 0.15) is 44.2 Å². The fourth-order valence-corrected chi connectivity index (χ4v) is 3.61. The van der Waals surface area contributed by atoms with Gasteiger partial charge in [0.25, 0.3) is 0 Å². The molecule has 2 heterocycles. The highest BCUT2D eigenvalue weighted by atomic mass is 16.3. The molecule has 2 amide bonds. The molecule has 2 saturated heterocycles. The number of hydrogen-bond donors (Lipinski definition) is 2. The zero-order chi connectivity index (χ0) is 16.2. The molecule has 0 radical (unpaired) electrons. The third-order valence-corrected chi connectivity index (χ3v) is 5.03. The van der Waals surface area contributed by atoms with E-state index in [9.17, 15) is 9.90 Å². The van der Waals surface area contributed by atoms with Crippen LogP contribution in [0.25, 0.3) is 0 Å². The van der Waals surface area contributed by atoms with E-state index in [0.717, 1.165) is 38.0 Å². The Morgan fingerprint density at radius 1 is 1.30 bits per heavy atom. The average molecular weight is 317 g/mol. The SMILES string of the molecule is CC(NC(=O)N1CCCC1CO)c1cccc(N2CCCC2)c1. The zero-order valence-corrected chi connectivity index (χ0v) is 13.9. The summed E-state index contributed by atoms with van der Waals surface area (Å²) in [4.78, 5) is 16.6. The number of rotatable bonds is 4. The van der Waals surface area contributed by atoms with Gasteiger partial charge in [-0.15, -0.1) is 0 Å². The number of likely N-dealkylation sites (tertiary alicyclic amines) is 1. The Kier molecular flexibility index (Phi) is 5.06. The van der Waals surface area contributed by atoms with Crippen LogP contribution in [0.3, 0.4) is 0 Å². The Hall–Kier alpha value is -1.75. The van der Waals surface area contributed by atoms with Gasteiger partial charge in [0.15, 0.2) is 0 Å². The monoisotopic (exact) mass is 317 g/mol. The second-order valence-electron chi connectivity index (χ2n) is 6.63. The first kappa shape index (κ1) is 16.1. The number of carbonyl (C=O) groups excluding carboxylic acids is 1. The fraction of sp³-hybridized carbons (Fsp3) is 0.611. The fourth-order valence-electron chi connectivity index (χ4n) is 3.61. The summed E-state index contributed by atoms with van der Waals surface area (Å²) in [5, 5.41) is 12.4. The van der Waals surface area contributed by atoms with Crippen molar-refractivity contribution in [3.05, 3.63) is 29.8 Å². The first-order valence-electron chi connectivity index (χ1n) is 8.72. The van der Waals surface area contributed by atoms with E-state index in [-0.39, 0.29) is 24.7 Å². The number of amides is 2. The lowest BCUT2D eigenvalue weighted by molar-refractivity contribution is 0.155. The molecule has 2 N–H and O–H groups in total. The predicted molar refractivity (Wildman–Crippen MR) is 91.6 cm³/mol. The summed E-state index contributed by atoms with van der Waals surface area (Å²) in [5.74, 6) is 0. The number of carbonyl (C=O) groups is 1. The maximum absolute atomic E-state index is 12.4. The Balaban J connectivity index is 1.64. The van der Waals surface area contributed by atoms with Gasteiger partial charge in [-0.05, 0) is 50.3 Å². The smallest absolute Gasteiger partial charge is 0.318 e. The van der Waals surface area contributed by atoms with Crippen LogP contribution in [0.4, 0.5) is 10.5 Å². The number of aliphatic hydroxyl groups excluding tert-OH is 1. The van der Waals surface area contributed by atoms with Crippen LogP contribution in [0.15, 0.2) is 24.3 Å². The lowest BCUT2D eigenvalue weighted by atomic mass is 10.1. The minimum atomic E-state index is -0.0689. The summed E-state index contributed by atoms with van der Waals surface area (Å²) >= 11 is 0. The minimum absolute atomic E-state index is 0.0295. The molecule has 5 heteroatoms. The van der Waals surface area contributed by atoms with Crippen molar-refractivity contribution in [3.8, 4) is 0 Å². The van der Waals surface area contributed by atoms with Crippen molar-refractivity contribution in [2.24, 2.45) is 0 Å². The first-order chi connectivity index (χ1) is 11.2. The van der Waals surface area contributed by atoms with Gasteiger partial charge in [-0.3, -0.25) is 0 Å². The van der Waals surface area contributed by atoms with E-state index < -0.39 is 0 Å². The molecule has 2 fully saturated rings. The highest BCUT2D eigenvalue weighted by Crippen LogP contribution is 2.24. The van der Waals surface area contributed by atoms with Gasteiger partial charge in [-0.1, -0.05) is 12.1 Å². The molecule has 0 bridgehead atoms. The molecule has 2 unspecified atom stereocenters. The Morgan fingerprint density at radius 3 is 2.83 bits per heavy atom. The molecule has 0 aliphatic carbocycles. The largest absolute Gasteiger partial charge is 0.394 e. The van der Waals surface area contributed by atoms with Gasteiger partial charge in [-0.25, -0.2) is 4.79 Å². The van der Waals surface area contributed by atoms with Gasteiger partial charge in [0.05, 0.1) is 18.7 Å². The topological polar surface area (TPSA) is 55.8 Å². The molecule has 0 saturated carbocycles. The van der Waals surface area contributed by atoms with Crippen LogP contribution >= 0.6 is 0 Å². The van der Waals surface area contributed by atoms with Crippen LogP contribution in [0, 0.1) is 0 Å². The number of aliphatic hydroxyl groups is 1. The Morgan fingerprint density at radius 2 is 2.09 bits per heavy atom. The van der Waals surface area contributed by atoms with E-state index >= 15 is 0 Å². The standard InChI is InChI=1S/C18H27N3O2/c1-14(19-18(23)21-11-5-8-17(21)13-22)15-6-4-7-16(12-15)20-9-2-3-10-20/h4,6-7,12,14,17,22H,2-3,5,8-11,13H2,1H3,(H,19,23). The van der Waals surface area contributed by atoms with Crippen LogP contribution in [-0.4, -0.2) is 48.3 Å². The number of urea groups is 1. The van der Waals surface area contributed by atoms with Crippen molar-refractivity contribution in [1.82, 2.24) is 10.2 Å². The molecular formula is C18H27N3O2. The van der Waals surface area contributed by atoms with E-state index in [1.807, 2.05) is 6.92 Å². The second-order valence-corrected chi connectivity index (χ2v) is 6.63. The molecule has 2 aliphatic heterocycles. The van der Waals surface area contributed by atoms with Crippen molar-refractivity contribution in [2.75, 3.05) is 31.1 Å². The first-order valence-corrected chi connectivity index (χ1v) is 8.72. The van der Waals surface area contributed by atoms with Gasteiger partial charge in [0.1, 0.15) is 0 Å². The van der Waals surface area contributed by atoms with E-state index in [0.29, 0.717) is 0 Å². The molecule has 1 aromatic carbocycles. The molecule has 0 aromatic heterocycles. The van der Waals surface area contributed by atoms with E-state index in [1.165, 1.54) is 18.5 Å². The number of nitrogens with zero attached hydrogens (tertiary/aromatic N) is 2. The van der Waals surface area contributed by atoms with Gasteiger partial charge >= 0.3 is 6.03 Å². The minimum Gasteiger partial charge on any atom is -0.394 e. The highest BCUT2D eigenvalue weighted by Gasteiger charge is 2.28. The number of nitrogens with one attached hydrogen (secondary N) is 1. The molecular weight excluding hydrogens is 290 g/mol. The van der Waals surface area contributed by atoms with Crippen molar-refractivity contribution < 1.29 is 9.90 Å². The predicted octanol–water partition coefficient (Wildman–Crippen LogP) is 2.51. The molecule has 5 nitrogen and oxygen atoms in total. The van der Waals surface area contributed by atoms with Gasteiger partial charge in [-0.2, -0.15) is 0 Å². The summed E-state index contributed by atoms with van der Waals surface area (Å²) in [5.41, 5.74) is 2.37. The van der Waals surface area contributed by atoms with Gasteiger partial charge in [0.2, 0.25) is 0 Å². The summed E-state index contributed by atoms with van der Waals surface area (Å²) in [6.45, 7) is 5.04. The van der Waals surface area contributed by atoms with Crippen molar-refractivity contribution in [1.29, 1.82) is 0 Å². The van der Waals surface area contributed by atoms with E-state index in [2.05, 4.69) is 34.5 Å². The van der Waals surface area contributed by atoms with E-state index in [1.54, 1.807) is 4.90 Å². The summed E-state index contributed by atoms with van der Waals surface area (Å²) in [6.07, 6.45) is 4.38. The van der Waals surface area contributed by atoms with Gasteiger partial charge in [0, 0.05) is 25.3 Å². The summed E-state index contributed by atoms with van der Waals surface area (Å²) < 4.78 is 0. The summed E-state index contributed by atoms with van der Waals surface area (Å²) in [7, 11) is 0. The third-order valence-electron chi connectivity index (χ3n) is 5.03. The lowest BCUT2D eigenvalue weighted by Crippen LogP contribution is -2.44. The van der Waals surface area contributed by atoms with Gasteiger partial charge < -0.3 is 20.2 Å². The number of hydrogen-bond acceptors (Lipinski definition) is 3. The number of anilines is 1. The zero-order valence-electron chi connectivity index (χ0n) is 13.9. The number of benzene rings is 1. The van der Waals surface area contributed by atoms with Crippen LogP contribution in [-0.2, 0) is 0 Å². The summed E-state index contributed by atoms with van der Waals surface area (Å²) in [6, 6.07) is 8.33. The van der Waals surface area contributed by atoms with Crippen molar-refractivity contribution >= 4 is 11.7 Å². The van der Waals surface area contributed by atoms with E-state index in [4.69, 9.17) is 0 Å². The normalized spacial score (nSPS) is 22.4. The molecule has 23 heavy (non-hydrogen) atoms. The average Bonchev–Trinajstić information content (AvgIpc) is 3.26. The molecule has 3 rings (SSSR count). The van der Waals surface area contributed by atoms with Crippen LogP contribution in [0.2, 0.25) is 0 Å². The molecule has 0 spiro atoms. The van der Waals surface area contributed by atoms with Crippen molar-refractivity contribution in [2.45, 2.75) is 44.7 Å². The molecule has 2 atom stereocenters. The van der Waals surface area contributed by atoms with Crippen molar-refractivity contribution in [3.63, 3.8) is 0 Å². The van der Waals surface area contributed by atoms with Crippen LogP contribution < -0.4 is 10.2 Å². The Bertz CT molecular complexity index is 543. The highest BCUT2D eigenvalue weighted by molar-refractivity contribution is 5.75. The molecule has 126 valence electrons. The Labute approximate surface area is 138 Å². The maximum Gasteiger partial charge on any atom is 0.318 e. The lowest BCUT2D eigenvalue weighted by Gasteiger charge is -2.26. The molecule has 1 aromatic rings. The second kappa shape index (κ2) is 7.21. The van der Waals surface area contributed by atoms with Crippen LogP contribution in [0.5, 0.6) is 0 Å².